The van der Waals surface area contributed by atoms with E-state index in [9.17, 15) is 24.8 Å². The lowest BCUT2D eigenvalue weighted by molar-refractivity contribution is -0.255. The third kappa shape index (κ3) is 5.40. The summed E-state index contributed by atoms with van der Waals surface area (Å²) in [5, 5.41) is 24.3. The summed E-state index contributed by atoms with van der Waals surface area (Å²) in [6.07, 6.45) is 1.25. The van der Waals surface area contributed by atoms with Gasteiger partial charge in [0.1, 0.15) is 29.7 Å². The zero-order valence-corrected chi connectivity index (χ0v) is 18.9. The molecule has 0 unspecified atom stereocenters. The van der Waals surface area contributed by atoms with Crippen molar-refractivity contribution in [1.29, 1.82) is 5.26 Å². The number of carbonyl (C=O) groups excluding carboxylic acids is 2. The first-order valence-electron chi connectivity index (χ1n) is 9.80. The van der Waals surface area contributed by atoms with Crippen LogP contribution in [0.25, 0.3) is 11.3 Å². The standard InChI is InChI=1S/C23H19ClN4O6/c1-13-7-15(12-33-2)18(9-25)22(30)28(13)11-21(29)27-26-10-16-4-6-20(34-16)14-3-5-19(24)17(8-14)23(31)32/h3-8,10H,11-12H2,1-2H3,(H,27,29)(H,31,32)/p-1/b26-10-. The SMILES string of the molecule is COCc1cc(C)n(CC(=O)N/N=C\c2ccc(-c3ccc(Cl)c(C(=O)[O-])c3)o2)c(=O)c1C#N. The highest BCUT2D eigenvalue weighted by molar-refractivity contribution is 6.33. The normalized spacial score (nSPS) is 10.9. The Kier molecular flexibility index (Phi) is 7.63. The molecule has 1 amide bonds. The first kappa shape index (κ1) is 24.4. The minimum atomic E-state index is -1.41. The quantitative estimate of drug-likeness (QED) is 0.379. The number of hydrogen-bond acceptors (Lipinski definition) is 8. The molecule has 0 aliphatic carbocycles. The zero-order chi connectivity index (χ0) is 24.8. The molecule has 2 aromatic heterocycles. The van der Waals surface area contributed by atoms with Crippen molar-refractivity contribution >= 4 is 29.7 Å². The van der Waals surface area contributed by atoms with Crippen molar-refractivity contribution in [2.75, 3.05) is 7.11 Å². The molecule has 0 aliphatic heterocycles. The average molecular weight is 482 g/mol. The van der Waals surface area contributed by atoms with Crippen LogP contribution >= 0.6 is 11.6 Å². The number of carboxylic acid groups (broad SMARTS) is 1. The minimum Gasteiger partial charge on any atom is -0.545 e. The summed E-state index contributed by atoms with van der Waals surface area (Å²) in [6, 6.07) is 11.0. The Morgan fingerprint density at radius 2 is 2.09 bits per heavy atom. The number of ether oxygens (including phenoxy) is 1. The molecule has 1 N–H and O–H groups in total. The maximum atomic E-state index is 12.6. The summed E-state index contributed by atoms with van der Waals surface area (Å²) in [4.78, 5) is 36.0. The lowest BCUT2D eigenvalue weighted by atomic mass is 10.1. The summed E-state index contributed by atoms with van der Waals surface area (Å²) in [5.74, 6) is -1.36. The molecule has 2 heterocycles. The van der Waals surface area contributed by atoms with E-state index in [0.717, 1.165) is 0 Å². The molecule has 0 spiro atoms. The lowest BCUT2D eigenvalue weighted by Gasteiger charge is -2.12. The average Bonchev–Trinajstić information content (AvgIpc) is 3.26. The van der Waals surface area contributed by atoms with E-state index in [1.165, 1.54) is 30.0 Å². The first-order chi connectivity index (χ1) is 16.2. The fraction of sp³-hybridized carbons (Fsp3) is 0.174. The van der Waals surface area contributed by atoms with E-state index in [1.807, 2.05) is 6.07 Å². The number of carbonyl (C=O) groups is 2. The van der Waals surface area contributed by atoms with Crippen LogP contribution in [0.4, 0.5) is 0 Å². The van der Waals surface area contributed by atoms with Gasteiger partial charge in [-0.3, -0.25) is 9.59 Å². The predicted molar refractivity (Wildman–Crippen MR) is 120 cm³/mol. The number of hydrazone groups is 1. The number of nitrogens with zero attached hydrogens (tertiary/aromatic N) is 3. The number of hydrogen-bond donors (Lipinski definition) is 1. The van der Waals surface area contributed by atoms with Gasteiger partial charge in [0.2, 0.25) is 0 Å². The van der Waals surface area contributed by atoms with Crippen molar-refractivity contribution in [3.8, 4) is 17.4 Å². The number of carboxylic acids is 1. The van der Waals surface area contributed by atoms with Gasteiger partial charge in [0, 0.05) is 34.5 Å². The maximum Gasteiger partial charge on any atom is 0.269 e. The second-order valence-corrected chi connectivity index (χ2v) is 7.51. The summed E-state index contributed by atoms with van der Waals surface area (Å²) in [5.41, 5.74) is 2.85. The van der Waals surface area contributed by atoms with Crippen molar-refractivity contribution < 1.29 is 23.8 Å². The van der Waals surface area contributed by atoms with Crippen molar-refractivity contribution in [3.63, 3.8) is 0 Å². The van der Waals surface area contributed by atoms with Crippen molar-refractivity contribution in [2.24, 2.45) is 5.10 Å². The van der Waals surface area contributed by atoms with Gasteiger partial charge in [-0.25, -0.2) is 5.43 Å². The monoisotopic (exact) mass is 481 g/mol. The fourth-order valence-corrected chi connectivity index (χ4v) is 3.37. The molecule has 34 heavy (non-hydrogen) atoms. The summed E-state index contributed by atoms with van der Waals surface area (Å²) in [6.45, 7) is 1.40. The van der Waals surface area contributed by atoms with E-state index >= 15 is 0 Å². The lowest BCUT2D eigenvalue weighted by Crippen LogP contribution is -2.33. The van der Waals surface area contributed by atoms with Gasteiger partial charge in [-0.1, -0.05) is 11.6 Å². The van der Waals surface area contributed by atoms with Gasteiger partial charge >= 0.3 is 0 Å². The number of furan rings is 1. The Hall–Kier alpha value is -4.20. The number of pyridine rings is 1. The summed E-state index contributed by atoms with van der Waals surface area (Å²) >= 11 is 5.84. The van der Waals surface area contributed by atoms with Gasteiger partial charge < -0.3 is 23.6 Å². The molecular formula is C23H18ClN4O6-. The van der Waals surface area contributed by atoms with Gasteiger partial charge in [-0.05, 0) is 43.3 Å². The van der Waals surface area contributed by atoms with E-state index in [0.29, 0.717) is 22.6 Å². The van der Waals surface area contributed by atoms with E-state index in [-0.39, 0.29) is 35.1 Å². The number of benzene rings is 1. The number of halogens is 1. The van der Waals surface area contributed by atoms with Crippen molar-refractivity contribution in [3.05, 3.63) is 79.9 Å². The number of methoxy groups -OCH3 is 1. The third-order valence-corrected chi connectivity index (χ3v) is 5.11. The Bertz CT molecular complexity index is 1380. The molecule has 3 aromatic rings. The van der Waals surface area contributed by atoms with Gasteiger partial charge in [0.25, 0.3) is 11.5 Å². The van der Waals surface area contributed by atoms with Crippen LogP contribution < -0.4 is 16.1 Å². The zero-order valence-electron chi connectivity index (χ0n) is 18.1. The van der Waals surface area contributed by atoms with E-state index < -0.39 is 17.4 Å². The van der Waals surface area contributed by atoms with Crippen LogP contribution in [-0.4, -0.2) is 29.8 Å². The van der Waals surface area contributed by atoms with Gasteiger partial charge in [0.15, 0.2) is 0 Å². The molecule has 0 saturated carbocycles. The molecule has 0 aliphatic rings. The first-order valence-corrected chi connectivity index (χ1v) is 10.2. The van der Waals surface area contributed by atoms with E-state index in [1.54, 1.807) is 31.2 Å². The van der Waals surface area contributed by atoms with Crippen LogP contribution in [0.3, 0.4) is 0 Å². The van der Waals surface area contributed by atoms with Crippen LogP contribution in [0.5, 0.6) is 0 Å². The molecule has 0 saturated heterocycles. The molecule has 11 heteroatoms. The molecule has 1 aromatic carbocycles. The Balaban J connectivity index is 1.70. The van der Waals surface area contributed by atoms with Crippen LogP contribution in [-0.2, 0) is 22.7 Å². The predicted octanol–water partition coefficient (Wildman–Crippen LogP) is 1.60. The molecule has 174 valence electrons. The van der Waals surface area contributed by atoms with E-state index in [4.69, 9.17) is 20.8 Å². The van der Waals surface area contributed by atoms with Gasteiger partial charge in [-0.2, -0.15) is 10.4 Å². The number of aromatic carboxylic acids is 1. The second-order valence-electron chi connectivity index (χ2n) is 7.10. The molecule has 0 radical (unpaired) electrons. The van der Waals surface area contributed by atoms with Crippen LogP contribution in [0, 0.1) is 18.3 Å². The number of amides is 1. The highest BCUT2D eigenvalue weighted by atomic mass is 35.5. The third-order valence-electron chi connectivity index (χ3n) is 4.78. The van der Waals surface area contributed by atoms with Crippen LogP contribution in [0.2, 0.25) is 5.02 Å². The van der Waals surface area contributed by atoms with Gasteiger partial charge in [0.05, 0.1) is 18.8 Å². The minimum absolute atomic E-state index is 0.0457. The number of nitriles is 1. The second kappa shape index (κ2) is 10.6. The maximum absolute atomic E-state index is 12.6. The molecule has 10 nitrogen and oxygen atoms in total. The molecular weight excluding hydrogens is 464 g/mol. The fourth-order valence-electron chi connectivity index (χ4n) is 3.18. The van der Waals surface area contributed by atoms with Crippen LogP contribution in [0.15, 0.2) is 50.7 Å². The molecule has 0 bridgehead atoms. The molecule has 0 fully saturated rings. The summed E-state index contributed by atoms with van der Waals surface area (Å²) in [7, 11) is 1.45. The number of rotatable bonds is 8. The largest absolute Gasteiger partial charge is 0.545 e. The van der Waals surface area contributed by atoms with Crippen molar-refractivity contribution in [1.82, 2.24) is 9.99 Å². The van der Waals surface area contributed by atoms with Crippen LogP contribution in [0.1, 0.15) is 32.9 Å². The number of aromatic nitrogens is 1. The Labute approximate surface area is 198 Å². The Morgan fingerprint density at radius 1 is 1.32 bits per heavy atom. The highest BCUT2D eigenvalue weighted by Crippen LogP contribution is 2.26. The number of nitrogens with one attached hydrogen (secondary N) is 1. The van der Waals surface area contributed by atoms with Gasteiger partial charge in [-0.15, -0.1) is 0 Å². The molecule has 3 rings (SSSR count). The summed E-state index contributed by atoms with van der Waals surface area (Å²) < 4.78 is 11.8. The smallest absolute Gasteiger partial charge is 0.269 e. The van der Waals surface area contributed by atoms with E-state index in [2.05, 4.69) is 10.5 Å². The topological polar surface area (TPSA) is 150 Å². The Morgan fingerprint density at radius 3 is 2.76 bits per heavy atom. The highest BCUT2D eigenvalue weighted by Gasteiger charge is 2.15. The molecule has 0 atom stereocenters. The van der Waals surface area contributed by atoms with Crippen molar-refractivity contribution in [2.45, 2.75) is 20.1 Å². The number of aryl methyl sites for hydroxylation is 1.